The maximum absolute atomic E-state index is 13.5. The number of benzene rings is 2. The summed E-state index contributed by atoms with van der Waals surface area (Å²) in [7, 11) is 0. The molecule has 0 fully saturated rings. The zero-order valence-electron chi connectivity index (χ0n) is 17.9. The molecule has 2 aromatic carbocycles. The number of aromatic nitrogens is 1. The van der Waals surface area contributed by atoms with E-state index in [2.05, 4.69) is 22.9 Å². The maximum Gasteiger partial charge on any atom is 0.327 e. The van der Waals surface area contributed by atoms with Crippen molar-refractivity contribution in [1.82, 2.24) is 15.2 Å². The third kappa shape index (κ3) is 4.74. The van der Waals surface area contributed by atoms with E-state index in [1.54, 1.807) is 0 Å². The number of carboxylic acids is 1. The fourth-order valence-corrected chi connectivity index (χ4v) is 4.53. The lowest BCUT2D eigenvalue weighted by molar-refractivity contribution is -0.145. The van der Waals surface area contributed by atoms with Crippen molar-refractivity contribution in [2.75, 3.05) is 5.75 Å². The summed E-state index contributed by atoms with van der Waals surface area (Å²) in [6.07, 6.45) is 2.44. The molecule has 1 aromatic heterocycles. The fourth-order valence-electron chi connectivity index (χ4n) is 4.28. The van der Waals surface area contributed by atoms with Crippen LogP contribution in [-0.2, 0) is 33.8 Å². The second-order valence-electron chi connectivity index (χ2n) is 8.21. The van der Waals surface area contributed by atoms with Gasteiger partial charge in [-0.2, -0.15) is 12.6 Å². The van der Waals surface area contributed by atoms with Crippen molar-refractivity contribution in [3.8, 4) is 0 Å². The van der Waals surface area contributed by atoms with Gasteiger partial charge in [-0.05, 0) is 29.2 Å². The summed E-state index contributed by atoms with van der Waals surface area (Å²) in [4.78, 5) is 42.6. The zero-order chi connectivity index (χ0) is 23.5. The summed E-state index contributed by atoms with van der Waals surface area (Å²) in [5.74, 6) is -2.12. The number of carbonyl (C=O) groups excluding carboxylic acids is 2. The first-order valence-corrected chi connectivity index (χ1v) is 11.3. The molecule has 2 heterocycles. The Kier molecular flexibility index (Phi) is 6.71. The lowest BCUT2D eigenvalue weighted by Gasteiger charge is -2.37. The van der Waals surface area contributed by atoms with Crippen molar-refractivity contribution in [2.24, 2.45) is 5.73 Å². The molecule has 0 aliphatic carbocycles. The highest BCUT2D eigenvalue weighted by molar-refractivity contribution is 7.80. The molecule has 33 heavy (non-hydrogen) atoms. The molecule has 0 radical (unpaired) electrons. The van der Waals surface area contributed by atoms with Gasteiger partial charge >= 0.3 is 5.97 Å². The number of carbonyl (C=O) groups is 3. The van der Waals surface area contributed by atoms with Gasteiger partial charge < -0.3 is 26.0 Å². The molecule has 5 N–H and O–H groups in total. The van der Waals surface area contributed by atoms with Crippen LogP contribution >= 0.6 is 12.6 Å². The molecule has 4 rings (SSSR count). The van der Waals surface area contributed by atoms with Gasteiger partial charge in [-0.3, -0.25) is 9.59 Å². The van der Waals surface area contributed by atoms with Crippen LogP contribution in [0, 0.1) is 0 Å². The fraction of sp³-hybridized carbons (Fsp3) is 0.292. The average molecular weight is 467 g/mol. The molecule has 0 bridgehead atoms. The molecule has 0 spiro atoms. The SMILES string of the molecule is N[C@@H](Cc1c[nH]c2ccccc12)C(=O)N1Cc2ccccc2C[C@H]1C(=O)N[C@H](CS)C(=O)O. The van der Waals surface area contributed by atoms with Crippen LogP contribution < -0.4 is 11.1 Å². The molecule has 172 valence electrons. The van der Waals surface area contributed by atoms with E-state index in [4.69, 9.17) is 5.73 Å². The molecule has 9 heteroatoms. The van der Waals surface area contributed by atoms with Crippen LogP contribution in [-0.4, -0.2) is 56.7 Å². The van der Waals surface area contributed by atoms with Gasteiger partial charge in [0.25, 0.3) is 0 Å². The molecule has 8 nitrogen and oxygen atoms in total. The molecule has 1 aliphatic heterocycles. The number of nitrogens with zero attached hydrogens (tertiary/aromatic N) is 1. The maximum atomic E-state index is 13.5. The van der Waals surface area contributed by atoms with E-state index >= 15 is 0 Å². The number of fused-ring (bicyclic) bond motifs is 2. The first-order valence-electron chi connectivity index (χ1n) is 10.7. The molecular formula is C24H26N4O4S. The Balaban J connectivity index is 1.58. The Bertz CT molecular complexity index is 1190. The second-order valence-corrected chi connectivity index (χ2v) is 8.57. The highest BCUT2D eigenvalue weighted by Gasteiger charge is 2.37. The third-order valence-corrected chi connectivity index (χ3v) is 6.43. The number of carboxylic acid groups (broad SMARTS) is 1. The smallest absolute Gasteiger partial charge is 0.327 e. The van der Waals surface area contributed by atoms with Crippen LogP contribution in [0.4, 0.5) is 0 Å². The first-order chi connectivity index (χ1) is 15.9. The van der Waals surface area contributed by atoms with Crippen LogP contribution in [0.5, 0.6) is 0 Å². The lowest BCUT2D eigenvalue weighted by atomic mass is 9.92. The van der Waals surface area contributed by atoms with Crippen molar-refractivity contribution >= 4 is 41.3 Å². The van der Waals surface area contributed by atoms with Crippen LogP contribution in [0.15, 0.2) is 54.7 Å². The standard InChI is InChI=1S/C24H26N4O4S/c25-18(9-16-11-26-19-8-4-3-7-17(16)19)23(30)28-12-15-6-2-1-5-14(15)10-21(28)22(29)27-20(13-33)24(31)32/h1-8,11,18,20-21,26,33H,9-10,12-13,25H2,(H,27,29)(H,31,32)/t18-,20+,21-/m0/s1. The monoisotopic (exact) mass is 466 g/mol. The molecule has 1 aliphatic rings. The van der Waals surface area contributed by atoms with Crippen molar-refractivity contribution in [1.29, 1.82) is 0 Å². The van der Waals surface area contributed by atoms with E-state index in [0.717, 1.165) is 27.6 Å². The summed E-state index contributed by atoms with van der Waals surface area (Å²) in [5, 5.41) is 12.8. The first kappa shape index (κ1) is 22.9. The highest BCUT2D eigenvalue weighted by Crippen LogP contribution is 2.25. The lowest BCUT2D eigenvalue weighted by Crippen LogP contribution is -2.58. The number of hydrogen-bond donors (Lipinski definition) is 5. The van der Waals surface area contributed by atoms with Crippen LogP contribution in [0.1, 0.15) is 16.7 Å². The summed E-state index contributed by atoms with van der Waals surface area (Å²) in [6, 6.07) is 12.5. The number of aromatic amines is 1. The van der Waals surface area contributed by atoms with Crippen molar-refractivity contribution < 1.29 is 19.5 Å². The number of aliphatic carboxylic acids is 1. The molecule has 3 atom stereocenters. The molecule has 0 saturated heterocycles. The summed E-state index contributed by atoms with van der Waals surface area (Å²) < 4.78 is 0. The minimum atomic E-state index is -1.18. The molecule has 2 amide bonds. The van der Waals surface area contributed by atoms with Crippen LogP contribution in [0.25, 0.3) is 10.9 Å². The Labute approximate surface area is 196 Å². The van der Waals surface area contributed by atoms with Crippen LogP contribution in [0.2, 0.25) is 0 Å². The number of H-pyrrole nitrogens is 1. The minimum Gasteiger partial charge on any atom is -0.480 e. The molecule has 3 aromatic rings. The van der Waals surface area contributed by atoms with E-state index in [1.807, 2.05) is 54.7 Å². The number of hydrogen-bond acceptors (Lipinski definition) is 5. The topological polar surface area (TPSA) is 129 Å². The predicted octanol–water partition coefficient (Wildman–Crippen LogP) is 1.49. The van der Waals surface area contributed by atoms with Gasteiger partial charge in [0, 0.05) is 35.8 Å². The number of nitrogens with one attached hydrogen (secondary N) is 2. The van der Waals surface area contributed by atoms with Gasteiger partial charge in [0.15, 0.2) is 0 Å². The van der Waals surface area contributed by atoms with Gasteiger partial charge in [-0.1, -0.05) is 42.5 Å². The van der Waals surface area contributed by atoms with Crippen molar-refractivity contribution in [2.45, 2.75) is 37.5 Å². The van der Waals surface area contributed by atoms with Gasteiger partial charge in [-0.25, -0.2) is 4.79 Å². The second kappa shape index (κ2) is 9.68. The number of para-hydroxylation sites is 1. The molecule has 0 unspecified atom stereocenters. The summed E-state index contributed by atoms with van der Waals surface area (Å²) >= 11 is 4.01. The van der Waals surface area contributed by atoms with Crippen molar-refractivity contribution in [3.63, 3.8) is 0 Å². The van der Waals surface area contributed by atoms with Gasteiger partial charge in [0.05, 0.1) is 6.04 Å². The zero-order valence-corrected chi connectivity index (χ0v) is 18.8. The van der Waals surface area contributed by atoms with E-state index in [1.165, 1.54) is 4.90 Å². The Hall–Kier alpha value is -3.30. The summed E-state index contributed by atoms with van der Waals surface area (Å²) in [5.41, 5.74) is 10.1. The number of rotatable bonds is 7. The number of thiol groups is 1. The van der Waals surface area contributed by atoms with Crippen molar-refractivity contribution in [3.05, 3.63) is 71.4 Å². The van der Waals surface area contributed by atoms with Crippen LogP contribution in [0.3, 0.4) is 0 Å². The van der Waals surface area contributed by atoms with E-state index in [9.17, 15) is 19.5 Å². The van der Waals surface area contributed by atoms with E-state index < -0.39 is 30.0 Å². The predicted molar refractivity (Wildman–Crippen MR) is 128 cm³/mol. The Morgan fingerprint density at radius 3 is 2.58 bits per heavy atom. The largest absolute Gasteiger partial charge is 0.480 e. The van der Waals surface area contributed by atoms with Gasteiger partial charge in [0.1, 0.15) is 12.1 Å². The number of nitrogens with two attached hydrogens (primary N) is 1. The van der Waals surface area contributed by atoms with E-state index in [-0.39, 0.29) is 24.6 Å². The highest BCUT2D eigenvalue weighted by atomic mass is 32.1. The molecule has 0 saturated carbocycles. The van der Waals surface area contributed by atoms with E-state index in [0.29, 0.717) is 6.42 Å². The number of amides is 2. The van der Waals surface area contributed by atoms with Gasteiger partial charge in [-0.15, -0.1) is 0 Å². The Morgan fingerprint density at radius 1 is 1.15 bits per heavy atom. The molecular weight excluding hydrogens is 440 g/mol. The normalized spacial score (nSPS) is 17.3. The quantitative estimate of drug-likeness (QED) is 0.337. The Morgan fingerprint density at radius 2 is 1.85 bits per heavy atom. The van der Waals surface area contributed by atoms with Gasteiger partial charge in [0.2, 0.25) is 11.8 Å². The third-order valence-electron chi connectivity index (χ3n) is 6.06. The minimum absolute atomic E-state index is 0.0571. The average Bonchev–Trinajstić information content (AvgIpc) is 3.23. The summed E-state index contributed by atoms with van der Waals surface area (Å²) in [6.45, 7) is 0.229.